The topological polar surface area (TPSA) is 53.1 Å². The minimum atomic E-state index is -0.302. The van der Waals surface area contributed by atoms with E-state index in [-0.39, 0.29) is 35.1 Å². The van der Waals surface area contributed by atoms with Gasteiger partial charge in [-0.1, -0.05) is 11.8 Å². The normalized spacial score (nSPS) is 18.2. The number of hydrogen-bond acceptors (Lipinski definition) is 6. The molecule has 2 aliphatic heterocycles. The van der Waals surface area contributed by atoms with Gasteiger partial charge in [0.1, 0.15) is 11.6 Å². The molecule has 0 atom stereocenters. The summed E-state index contributed by atoms with van der Waals surface area (Å²) in [4.78, 5) is 29.0. The highest BCUT2D eigenvalue weighted by atomic mass is 35.5. The molecule has 0 aliphatic carbocycles. The van der Waals surface area contributed by atoms with Crippen LogP contribution in [-0.4, -0.2) is 73.1 Å². The van der Waals surface area contributed by atoms with Crippen molar-refractivity contribution in [2.24, 2.45) is 0 Å². The highest BCUT2D eigenvalue weighted by Crippen LogP contribution is 2.29. The molecule has 0 N–H and O–H groups in total. The molecule has 26 heavy (non-hydrogen) atoms. The number of methoxy groups -OCH3 is 1. The van der Waals surface area contributed by atoms with Crippen molar-refractivity contribution in [1.29, 1.82) is 0 Å². The minimum Gasteiger partial charge on any atom is -0.494 e. The van der Waals surface area contributed by atoms with Crippen molar-refractivity contribution in [3.63, 3.8) is 0 Å². The molecule has 0 saturated carbocycles. The standard InChI is InChI=1S/C17H22FN3O3S.ClH/c1-24-15-11-13(18)3-4-14(15)20-9-7-19(8-10-20)5-2-6-21-16(22)12-25-17(21)23;/h3-4,11H,2,5-10,12H2,1H3;1H. The lowest BCUT2D eigenvalue weighted by atomic mass is 10.2. The van der Waals surface area contributed by atoms with Gasteiger partial charge in [0.15, 0.2) is 0 Å². The quantitative estimate of drug-likeness (QED) is 0.727. The lowest BCUT2D eigenvalue weighted by molar-refractivity contribution is -0.124. The fraction of sp³-hybridized carbons (Fsp3) is 0.529. The van der Waals surface area contributed by atoms with Crippen molar-refractivity contribution in [2.75, 3.05) is 57.0 Å². The predicted octanol–water partition coefficient (Wildman–Crippen LogP) is 2.46. The Balaban J connectivity index is 0.00000243. The molecule has 0 aromatic heterocycles. The number of imide groups is 1. The Kier molecular flexibility index (Phi) is 7.55. The zero-order valence-electron chi connectivity index (χ0n) is 14.6. The molecule has 2 fully saturated rings. The van der Waals surface area contributed by atoms with E-state index in [1.54, 1.807) is 13.2 Å². The number of anilines is 1. The number of benzene rings is 1. The first kappa shape index (κ1) is 20.8. The monoisotopic (exact) mass is 403 g/mol. The van der Waals surface area contributed by atoms with Crippen molar-refractivity contribution in [3.8, 4) is 5.75 Å². The number of carbonyl (C=O) groups is 2. The second kappa shape index (κ2) is 9.43. The third-order valence-electron chi connectivity index (χ3n) is 4.55. The summed E-state index contributed by atoms with van der Waals surface area (Å²) in [5.74, 6) is 0.445. The molecule has 2 aliphatic rings. The molecule has 1 aromatic carbocycles. The molecule has 6 nitrogen and oxygen atoms in total. The summed E-state index contributed by atoms with van der Waals surface area (Å²) < 4.78 is 18.6. The molecule has 0 spiro atoms. The number of thioether (sulfide) groups is 1. The average molecular weight is 404 g/mol. The molecule has 9 heteroatoms. The lowest BCUT2D eigenvalue weighted by Crippen LogP contribution is -2.47. The second-order valence-electron chi connectivity index (χ2n) is 6.10. The smallest absolute Gasteiger partial charge is 0.288 e. The van der Waals surface area contributed by atoms with Gasteiger partial charge in [0.2, 0.25) is 5.91 Å². The van der Waals surface area contributed by atoms with Gasteiger partial charge in [-0.3, -0.25) is 19.4 Å². The molecule has 0 radical (unpaired) electrons. The molecule has 2 amide bonds. The fourth-order valence-electron chi connectivity index (χ4n) is 3.17. The maximum atomic E-state index is 13.3. The number of piperazine rings is 1. The maximum Gasteiger partial charge on any atom is 0.288 e. The lowest BCUT2D eigenvalue weighted by Gasteiger charge is -2.36. The van der Waals surface area contributed by atoms with E-state index in [2.05, 4.69) is 9.80 Å². The van der Waals surface area contributed by atoms with E-state index in [4.69, 9.17) is 4.74 Å². The van der Waals surface area contributed by atoms with Gasteiger partial charge in [0.25, 0.3) is 5.24 Å². The zero-order valence-corrected chi connectivity index (χ0v) is 16.3. The third-order valence-corrected chi connectivity index (χ3v) is 5.41. The number of hydrogen-bond donors (Lipinski definition) is 0. The molecular weight excluding hydrogens is 381 g/mol. The molecule has 2 saturated heterocycles. The first-order chi connectivity index (χ1) is 12.1. The first-order valence-electron chi connectivity index (χ1n) is 8.36. The van der Waals surface area contributed by atoms with E-state index in [1.807, 2.05) is 0 Å². The second-order valence-corrected chi connectivity index (χ2v) is 7.02. The first-order valence-corrected chi connectivity index (χ1v) is 9.35. The summed E-state index contributed by atoms with van der Waals surface area (Å²) >= 11 is 1.08. The van der Waals surface area contributed by atoms with E-state index in [1.165, 1.54) is 17.0 Å². The summed E-state index contributed by atoms with van der Waals surface area (Å²) in [6.45, 7) is 4.79. The summed E-state index contributed by atoms with van der Waals surface area (Å²) in [6.07, 6.45) is 0.790. The largest absolute Gasteiger partial charge is 0.494 e. The molecule has 144 valence electrons. The molecular formula is C17H23ClFN3O3S. The SMILES string of the molecule is COc1cc(F)ccc1N1CCN(CCCN2C(=O)CSC2=O)CC1.Cl. The number of ether oxygens (including phenoxy) is 1. The van der Waals surface area contributed by atoms with E-state index >= 15 is 0 Å². The number of rotatable bonds is 6. The number of nitrogens with zero attached hydrogens (tertiary/aromatic N) is 3. The highest BCUT2D eigenvalue weighted by Gasteiger charge is 2.29. The number of amides is 2. The van der Waals surface area contributed by atoms with Crippen LogP contribution in [0.25, 0.3) is 0 Å². The molecule has 3 rings (SSSR count). The summed E-state index contributed by atoms with van der Waals surface area (Å²) in [5, 5.41) is -0.127. The third kappa shape index (κ3) is 4.81. The summed E-state index contributed by atoms with van der Waals surface area (Å²) in [5.41, 5.74) is 0.911. The van der Waals surface area contributed by atoms with Crippen LogP contribution in [0, 0.1) is 5.82 Å². The van der Waals surface area contributed by atoms with Crippen LogP contribution in [0.1, 0.15) is 6.42 Å². The predicted molar refractivity (Wildman–Crippen MR) is 103 cm³/mol. The molecule has 2 heterocycles. The van der Waals surface area contributed by atoms with Crippen LogP contribution < -0.4 is 9.64 Å². The van der Waals surface area contributed by atoms with Gasteiger partial charge in [0, 0.05) is 38.8 Å². The fourth-order valence-corrected chi connectivity index (χ4v) is 3.93. The van der Waals surface area contributed by atoms with Crippen molar-refractivity contribution in [3.05, 3.63) is 24.0 Å². The molecule has 0 bridgehead atoms. The Morgan fingerprint density at radius 2 is 1.88 bits per heavy atom. The van der Waals surface area contributed by atoms with E-state index in [0.29, 0.717) is 12.3 Å². The van der Waals surface area contributed by atoms with Crippen LogP contribution in [-0.2, 0) is 4.79 Å². The Labute approximate surface area is 163 Å². The Bertz CT molecular complexity index is 640. The van der Waals surface area contributed by atoms with E-state index < -0.39 is 0 Å². The van der Waals surface area contributed by atoms with Gasteiger partial charge >= 0.3 is 0 Å². The van der Waals surface area contributed by atoms with Crippen molar-refractivity contribution in [2.45, 2.75) is 6.42 Å². The van der Waals surface area contributed by atoms with Gasteiger partial charge < -0.3 is 9.64 Å². The molecule has 0 unspecified atom stereocenters. The Morgan fingerprint density at radius 3 is 2.50 bits per heavy atom. The van der Waals surface area contributed by atoms with E-state index in [9.17, 15) is 14.0 Å². The van der Waals surface area contributed by atoms with Gasteiger partial charge in [-0.25, -0.2) is 4.39 Å². The van der Waals surface area contributed by atoms with Crippen LogP contribution >= 0.6 is 24.2 Å². The van der Waals surface area contributed by atoms with Gasteiger partial charge in [-0.2, -0.15) is 0 Å². The zero-order chi connectivity index (χ0) is 17.8. The highest BCUT2D eigenvalue weighted by molar-refractivity contribution is 8.14. The minimum absolute atomic E-state index is 0. The maximum absolute atomic E-state index is 13.3. The summed E-state index contributed by atoms with van der Waals surface area (Å²) in [6, 6.07) is 4.61. The van der Waals surface area contributed by atoms with Crippen LogP contribution in [0.4, 0.5) is 14.9 Å². The Hall–Kier alpha value is -1.51. The molecule has 1 aromatic rings. The van der Waals surface area contributed by atoms with Crippen LogP contribution in [0.2, 0.25) is 0 Å². The van der Waals surface area contributed by atoms with Gasteiger partial charge in [-0.05, 0) is 25.1 Å². The van der Waals surface area contributed by atoms with Crippen molar-refractivity contribution >= 4 is 41.0 Å². The van der Waals surface area contributed by atoms with Crippen molar-refractivity contribution < 1.29 is 18.7 Å². The van der Waals surface area contributed by atoms with Crippen LogP contribution in [0.15, 0.2) is 18.2 Å². The van der Waals surface area contributed by atoms with Crippen LogP contribution in [0.5, 0.6) is 5.75 Å². The summed E-state index contributed by atoms with van der Waals surface area (Å²) in [7, 11) is 1.55. The van der Waals surface area contributed by atoms with E-state index in [0.717, 1.165) is 56.6 Å². The number of carbonyl (C=O) groups excluding carboxylic acids is 2. The van der Waals surface area contributed by atoms with Gasteiger partial charge in [-0.15, -0.1) is 12.4 Å². The number of halogens is 2. The van der Waals surface area contributed by atoms with Gasteiger partial charge in [0.05, 0.1) is 18.6 Å². The van der Waals surface area contributed by atoms with Crippen LogP contribution in [0.3, 0.4) is 0 Å². The van der Waals surface area contributed by atoms with Crippen molar-refractivity contribution in [1.82, 2.24) is 9.80 Å². The average Bonchev–Trinajstić information content (AvgIpc) is 2.94. The Morgan fingerprint density at radius 1 is 1.15 bits per heavy atom.